The van der Waals surface area contributed by atoms with Crippen molar-refractivity contribution in [2.45, 2.75) is 45.4 Å². The summed E-state index contributed by atoms with van der Waals surface area (Å²) >= 11 is 0. The summed E-state index contributed by atoms with van der Waals surface area (Å²) < 4.78 is 10.4. The minimum atomic E-state index is -0.709. The molecule has 0 bridgehead atoms. The third kappa shape index (κ3) is 6.87. The van der Waals surface area contributed by atoms with Gasteiger partial charge in [-0.1, -0.05) is 18.2 Å². The SMILES string of the molecule is COc1ccc(CC(C)NCC(O)c2ccc(O)c(/N=C\OC(C)C)c2)cc1. The van der Waals surface area contributed by atoms with Crippen LogP contribution in [0.4, 0.5) is 5.69 Å². The number of aliphatic imine (C=N–C) groups is 1. The highest BCUT2D eigenvalue weighted by atomic mass is 16.5. The van der Waals surface area contributed by atoms with Crippen molar-refractivity contribution < 1.29 is 19.7 Å². The average molecular weight is 386 g/mol. The van der Waals surface area contributed by atoms with Crippen molar-refractivity contribution in [2.75, 3.05) is 13.7 Å². The largest absolute Gasteiger partial charge is 0.506 e. The molecule has 0 aliphatic carbocycles. The molecule has 3 N–H and O–H groups in total. The minimum Gasteiger partial charge on any atom is -0.506 e. The van der Waals surface area contributed by atoms with E-state index in [-0.39, 0.29) is 17.9 Å². The van der Waals surface area contributed by atoms with Gasteiger partial charge in [0.25, 0.3) is 0 Å². The number of methoxy groups -OCH3 is 1. The Balaban J connectivity index is 1.90. The third-order valence-corrected chi connectivity index (χ3v) is 4.27. The van der Waals surface area contributed by atoms with E-state index in [0.29, 0.717) is 17.8 Å². The van der Waals surface area contributed by atoms with Crippen LogP contribution in [0.25, 0.3) is 0 Å². The second-order valence-electron chi connectivity index (χ2n) is 7.04. The van der Waals surface area contributed by atoms with Gasteiger partial charge in [-0.2, -0.15) is 0 Å². The molecule has 0 aliphatic heterocycles. The van der Waals surface area contributed by atoms with Gasteiger partial charge >= 0.3 is 0 Å². The number of ether oxygens (including phenoxy) is 2. The molecular formula is C22H30N2O4. The van der Waals surface area contributed by atoms with Crippen molar-refractivity contribution in [1.29, 1.82) is 0 Å². The molecule has 2 unspecified atom stereocenters. The summed E-state index contributed by atoms with van der Waals surface area (Å²) in [4.78, 5) is 4.12. The summed E-state index contributed by atoms with van der Waals surface area (Å²) in [5.41, 5.74) is 2.24. The van der Waals surface area contributed by atoms with E-state index >= 15 is 0 Å². The van der Waals surface area contributed by atoms with Gasteiger partial charge in [0, 0.05) is 12.6 Å². The lowest BCUT2D eigenvalue weighted by Crippen LogP contribution is -2.32. The molecule has 0 saturated carbocycles. The Morgan fingerprint density at radius 3 is 2.46 bits per heavy atom. The van der Waals surface area contributed by atoms with Crippen LogP contribution in [-0.2, 0) is 11.2 Å². The van der Waals surface area contributed by atoms with Gasteiger partial charge in [0.15, 0.2) is 6.40 Å². The van der Waals surface area contributed by atoms with Crippen LogP contribution >= 0.6 is 0 Å². The Kier molecular flexibility index (Phi) is 8.29. The van der Waals surface area contributed by atoms with Crippen molar-refractivity contribution in [1.82, 2.24) is 5.32 Å². The molecule has 2 rings (SSSR count). The lowest BCUT2D eigenvalue weighted by atomic mass is 10.1. The topological polar surface area (TPSA) is 83.3 Å². The quantitative estimate of drug-likeness (QED) is 0.428. The summed E-state index contributed by atoms with van der Waals surface area (Å²) in [7, 11) is 1.65. The van der Waals surface area contributed by atoms with E-state index in [1.165, 1.54) is 18.0 Å². The zero-order valence-corrected chi connectivity index (χ0v) is 16.9. The zero-order valence-electron chi connectivity index (χ0n) is 16.9. The Morgan fingerprint density at radius 1 is 1.11 bits per heavy atom. The van der Waals surface area contributed by atoms with Crippen molar-refractivity contribution >= 4 is 12.1 Å². The molecule has 0 spiro atoms. The Labute approximate surface area is 166 Å². The fourth-order valence-electron chi connectivity index (χ4n) is 2.68. The third-order valence-electron chi connectivity index (χ3n) is 4.27. The van der Waals surface area contributed by atoms with Gasteiger partial charge in [-0.25, -0.2) is 4.99 Å². The average Bonchev–Trinajstić information content (AvgIpc) is 2.68. The fourth-order valence-corrected chi connectivity index (χ4v) is 2.68. The molecule has 6 heteroatoms. The number of aliphatic hydroxyl groups is 1. The lowest BCUT2D eigenvalue weighted by molar-refractivity contribution is 0.170. The first-order valence-electron chi connectivity index (χ1n) is 9.44. The van der Waals surface area contributed by atoms with Crippen LogP contribution in [0.5, 0.6) is 11.5 Å². The number of aliphatic hydroxyl groups excluding tert-OH is 1. The first-order chi connectivity index (χ1) is 13.4. The van der Waals surface area contributed by atoms with E-state index in [9.17, 15) is 10.2 Å². The Morgan fingerprint density at radius 2 is 1.82 bits per heavy atom. The second-order valence-corrected chi connectivity index (χ2v) is 7.04. The van der Waals surface area contributed by atoms with E-state index in [4.69, 9.17) is 9.47 Å². The molecule has 0 amide bonds. The predicted molar refractivity (Wildman–Crippen MR) is 112 cm³/mol. The fraction of sp³-hybridized carbons (Fsp3) is 0.409. The van der Waals surface area contributed by atoms with Gasteiger partial charge in [-0.3, -0.25) is 0 Å². The Bertz CT molecular complexity index is 760. The normalized spacial score (nSPS) is 13.6. The number of phenols is 1. The highest BCUT2D eigenvalue weighted by Gasteiger charge is 2.12. The number of hydrogen-bond acceptors (Lipinski definition) is 6. The van der Waals surface area contributed by atoms with Gasteiger partial charge in [-0.15, -0.1) is 0 Å². The minimum absolute atomic E-state index is 0.0102. The van der Waals surface area contributed by atoms with Crippen molar-refractivity contribution in [2.24, 2.45) is 4.99 Å². The first kappa shape index (κ1) is 21.7. The number of nitrogens with zero attached hydrogens (tertiary/aromatic N) is 1. The molecule has 6 nitrogen and oxygen atoms in total. The molecule has 2 atom stereocenters. The van der Waals surface area contributed by atoms with E-state index < -0.39 is 6.10 Å². The smallest absolute Gasteiger partial charge is 0.175 e. The van der Waals surface area contributed by atoms with E-state index in [1.807, 2.05) is 38.1 Å². The molecule has 0 aromatic heterocycles. The maximum absolute atomic E-state index is 10.5. The number of aromatic hydroxyl groups is 1. The maximum Gasteiger partial charge on any atom is 0.175 e. The standard InChI is InChI=1S/C22H30N2O4/c1-15(2)28-14-24-20-12-18(7-10-21(20)25)22(26)13-23-16(3)11-17-5-8-19(27-4)9-6-17/h5-10,12,14-16,22-23,25-26H,11,13H2,1-4H3/b24-14-. The van der Waals surface area contributed by atoms with Crippen LogP contribution in [0.2, 0.25) is 0 Å². The van der Waals surface area contributed by atoms with Crippen molar-refractivity contribution in [3.05, 3.63) is 53.6 Å². The first-order valence-corrected chi connectivity index (χ1v) is 9.44. The van der Waals surface area contributed by atoms with E-state index in [2.05, 4.69) is 17.2 Å². The van der Waals surface area contributed by atoms with Gasteiger partial charge < -0.3 is 25.0 Å². The van der Waals surface area contributed by atoms with Gasteiger partial charge in [-0.05, 0) is 62.6 Å². The summed E-state index contributed by atoms with van der Waals surface area (Å²) in [6, 6.07) is 13.0. The summed E-state index contributed by atoms with van der Waals surface area (Å²) in [5.74, 6) is 0.879. The molecule has 0 saturated heterocycles. The number of nitrogens with one attached hydrogen (secondary N) is 1. The summed E-state index contributed by atoms with van der Waals surface area (Å²) in [5, 5.41) is 23.8. The molecule has 152 valence electrons. The van der Waals surface area contributed by atoms with Crippen LogP contribution < -0.4 is 10.1 Å². The van der Waals surface area contributed by atoms with Gasteiger partial charge in [0.1, 0.15) is 17.2 Å². The molecule has 0 aliphatic rings. The summed E-state index contributed by atoms with van der Waals surface area (Å²) in [6.45, 7) is 6.26. The second kappa shape index (κ2) is 10.7. The van der Waals surface area contributed by atoms with Crippen molar-refractivity contribution in [3.8, 4) is 11.5 Å². The number of phenolic OH excluding ortho intramolecular Hbond substituents is 1. The van der Waals surface area contributed by atoms with E-state index in [0.717, 1.165) is 12.2 Å². The number of benzene rings is 2. The molecule has 2 aromatic carbocycles. The molecule has 28 heavy (non-hydrogen) atoms. The van der Waals surface area contributed by atoms with Crippen LogP contribution in [0, 0.1) is 0 Å². The Hall–Kier alpha value is -2.57. The highest BCUT2D eigenvalue weighted by Crippen LogP contribution is 2.29. The molecule has 0 fully saturated rings. The molecular weight excluding hydrogens is 356 g/mol. The van der Waals surface area contributed by atoms with Crippen LogP contribution in [-0.4, -0.2) is 42.4 Å². The monoisotopic (exact) mass is 386 g/mol. The van der Waals surface area contributed by atoms with E-state index in [1.54, 1.807) is 19.2 Å². The predicted octanol–water partition coefficient (Wildman–Crippen LogP) is 3.74. The lowest BCUT2D eigenvalue weighted by Gasteiger charge is -2.18. The highest BCUT2D eigenvalue weighted by molar-refractivity contribution is 5.62. The van der Waals surface area contributed by atoms with Crippen LogP contribution in [0.1, 0.15) is 38.0 Å². The number of hydrogen-bond donors (Lipinski definition) is 3. The molecule has 0 radical (unpaired) electrons. The molecule has 2 aromatic rings. The zero-order chi connectivity index (χ0) is 20.5. The van der Waals surface area contributed by atoms with Crippen LogP contribution in [0.3, 0.4) is 0 Å². The summed E-state index contributed by atoms with van der Waals surface area (Å²) in [6.07, 6.45) is 1.45. The number of rotatable bonds is 10. The van der Waals surface area contributed by atoms with Crippen LogP contribution in [0.15, 0.2) is 47.5 Å². The van der Waals surface area contributed by atoms with Gasteiger partial charge in [0.05, 0.1) is 19.3 Å². The van der Waals surface area contributed by atoms with Gasteiger partial charge in [0.2, 0.25) is 0 Å². The molecule has 0 heterocycles. The van der Waals surface area contributed by atoms with Crippen molar-refractivity contribution in [3.63, 3.8) is 0 Å². The maximum atomic E-state index is 10.5.